The van der Waals surface area contributed by atoms with Crippen LogP contribution in [0.3, 0.4) is 0 Å². The molecule has 0 amide bonds. The molecule has 1 aromatic heterocycles. The van der Waals surface area contributed by atoms with Gasteiger partial charge in [-0.1, -0.05) is 11.8 Å². The summed E-state index contributed by atoms with van der Waals surface area (Å²) in [5, 5.41) is 0. The number of ether oxygens (including phenoxy) is 2. The molecule has 0 radical (unpaired) electrons. The summed E-state index contributed by atoms with van der Waals surface area (Å²) in [6.45, 7) is 4.82. The SMILES string of the molecule is CCOC(=S)SCc1c2c(n3c1CCC3)C(=O)C(C)=C(OC)C2=O. The molecular formula is C17H19NO4S2. The molecule has 0 bridgehead atoms. The van der Waals surface area contributed by atoms with Crippen LogP contribution >= 0.6 is 24.0 Å². The van der Waals surface area contributed by atoms with Crippen molar-refractivity contribution < 1.29 is 19.1 Å². The molecule has 2 heterocycles. The number of aromatic nitrogens is 1. The molecule has 1 aromatic rings. The Labute approximate surface area is 150 Å². The molecule has 24 heavy (non-hydrogen) atoms. The van der Waals surface area contributed by atoms with Crippen molar-refractivity contribution in [1.82, 2.24) is 4.57 Å². The molecule has 128 valence electrons. The smallest absolute Gasteiger partial charge is 0.230 e. The fourth-order valence-corrected chi connectivity index (χ4v) is 4.46. The van der Waals surface area contributed by atoms with Crippen LogP contribution in [-0.4, -0.2) is 34.2 Å². The molecule has 0 N–H and O–H groups in total. The van der Waals surface area contributed by atoms with Gasteiger partial charge in [0.1, 0.15) is 5.69 Å². The highest BCUT2D eigenvalue weighted by atomic mass is 32.2. The molecular weight excluding hydrogens is 346 g/mol. The van der Waals surface area contributed by atoms with Gasteiger partial charge in [0.05, 0.1) is 19.3 Å². The summed E-state index contributed by atoms with van der Waals surface area (Å²) in [5.74, 6) is 0.353. The Balaban J connectivity index is 2.06. The van der Waals surface area contributed by atoms with Crippen LogP contribution in [0.25, 0.3) is 0 Å². The van der Waals surface area contributed by atoms with Crippen molar-refractivity contribution in [3.63, 3.8) is 0 Å². The van der Waals surface area contributed by atoms with E-state index in [0.717, 1.165) is 30.6 Å². The lowest BCUT2D eigenvalue weighted by Gasteiger charge is -2.17. The van der Waals surface area contributed by atoms with Gasteiger partial charge >= 0.3 is 0 Å². The van der Waals surface area contributed by atoms with Gasteiger partial charge in [-0.25, -0.2) is 0 Å². The van der Waals surface area contributed by atoms with E-state index in [1.54, 1.807) is 6.92 Å². The number of Topliss-reactive ketones (excluding diaryl/α,β-unsaturated/α-hetero) is 2. The van der Waals surface area contributed by atoms with Crippen LogP contribution in [0.4, 0.5) is 0 Å². The van der Waals surface area contributed by atoms with Crippen molar-refractivity contribution in [1.29, 1.82) is 0 Å². The molecule has 7 heteroatoms. The molecule has 1 aliphatic carbocycles. The van der Waals surface area contributed by atoms with Crippen LogP contribution in [0.15, 0.2) is 11.3 Å². The van der Waals surface area contributed by atoms with Crippen molar-refractivity contribution in [2.45, 2.75) is 39.0 Å². The van der Waals surface area contributed by atoms with Gasteiger partial charge < -0.3 is 14.0 Å². The minimum Gasteiger partial charge on any atom is -0.492 e. The van der Waals surface area contributed by atoms with Gasteiger partial charge in [0, 0.05) is 23.6 Å². The third-order valence-electron chi connectivity index (χ3n) is 4.41. The number of carbonyl (C=O) groups excluding carboxylic acids is 2. The first kappa shape index (κ1) is 17.2. The van der Waals surface area contributed by atoms with E-state index < -0.39 is 0 Å². The van der Waals surface area contributed by atoms with Crippen LogP contribution < -0.4 is 0 Å². The third-order valence-corrected chi connectivity index (χ3v) is 5.67. The van der Waals surface area contributed by atoms with Gasteiger partial charge in [-0.05, 0) is 44.5 Å². The molecule has 0 saturated heterocycles. The predicted octanol–water partition coefficient (Wildman–Crippen LogP) is 3.29. The summed E-state index contributed by atoms with van der Waals surface area (Å²) in [7, 11) is 1.43. The average Bonchev–Trinajstić information content (AvgIpc) is 3.12. The number of ketones is 2. The average molecular weight is 365 g/mol. The molecule has 0 spiro atoms. The molecule has 0 saturated carbocycles. The Hall–Kier alpha value is -1.60. The van der Waals surface area contributed by atoms with Crippen LogP contribution in [0.5, 0.6) is 0 Å². The van der Waals surface area contributed by atoms with Gasteiger partial charge in [-0.3, -0.25) is 9.59 Å². The van der Waals surface area contributed by atoms with Crippen LogP contribution in [0.1, 0.15) is 52.4 Å². The van der Waals surface area contributed by atoms with Gasteiger partial charge in [-0.15, -0.1) is 0 Å². The first-order valence-electron chi connectivity index (χ1n) is 7.89. The van der Waals surface area contributed by atoms with E-state index in [1.807, 2.05) is 11.5 Å². The maximum atomic E-state index is 12.9. The minimum absolute atomic E-state index is 0.117. The number of carbonyl (C=O) groups is 2. The second-order valence-electron chi connectivity index (χ2n) is 5.69. The molecule has 3 rings (SSSR count). The summed E-state index contributed by atoms with van der Waals surface area (Å²) in [6, 6.07) is 0. The maximum absolute atomic E-state index is 12.9. The predicted molar refractivity (Wildman–Crippen MR) is 96.6 cm³/mol. The van der Waals surface area contributed by atoms with Gasteiger partial charge in [-0.2, -0.15) is 0 Å². The fourth-order valence-electron chi connectivity index (χ4n) is 3.39. The summed E-state index contributed by atoms with van der Waals surface area (Å²) in [4.78, 5) is 25.7. The number of rotatable bonds is 4. The maximum Gasteiger partial charge on any atom is 0.230 e. The van der Waals surface area contributed by atoms with E-state index in [9.17, 15) is 9.59 Å². The summed E-state index contributed by atoms with van der Waals surface area (Å²) in [5.41, 5.74) is 3.35. The van der Waals surface area contributed by atoms with E-state index in [1.165, 1.54) is 18.9 Å². The Kier molecular flexibility index (Phi) is 4.83. The van der Waals surface area contributed by atoms with E-state index in [2.05, 4.69) is 0 Å². The number of fused-ring (bicyclic) bond motifs is 3. The number of methoxy groups -OCH3 is 1. The van der Waals surface area contributed by atoms with Gasteiger partial charge in [0.2, 0.25) is 15.9 Å². The van der Waals surface area contributed by atoms with Crippen molar-refractivity contribution in [3.05, 3.63) is 33.8 Å². The highest BCUT2D eigenvalue weighted by molar-refractivity contribution is 8.22. The van der Waals surface area contributed by atoms with Crippen LogP contribution in [-0.2, 0) is 28.2 Å². The van der Waals surface area contributed by atoms with E-state index in [0.29, 0.717) is 33.6 Å². The van der Waals surface area contributed by atoms with Crippen molar-refractivity contribution in [2.75, 3.05) is 13.7 Å². The van der Waals surface area contributed by atoms with Gasteiger partial charge in [0.25, 0.3) is 0 Å². The summed E-state index contributed by atoms with van der Waals surface area (Å²) in [6.07, 6.45) is 1.85. The number of thiocarbonyl (C=S) groups is 1. The standard InChI is InChI=1S/C17H19NO4S2/c1-4-22-17(23)24-8-10-11-6-5-7-18(11)13-12(10)15(20)16(21-3)9(2)14(13)19/h4-8H2,1-3H3. The first-order valence-corrected chi connectivity index (χ1v) is 9.28. The topological polar surface area (TPSA) is 57.5 Å². The lowest BCUT2D eigenvalue weighted by molar-refractivity contribution is 0.0902. The monoisotopic (exact) mass is 365 g/mol. The van der Waals surface area contributed by atoms with Crippen molar-refractivity contribution in [2.24, 2.45) is 0 Å². The van der Waals surface area contributed by atoms with Crippen LogP contribution in [0.2, 0.25) is 0 Å². The minimum atomic E-state index is -0.204. The molecule has 2 aliphatic rings. The first-order chi connectivity index (χ1) is 11.5. The zero-order chi connectivity index (χ0) is 17.4. The molecule has 0 aromatic carbocycles. The fraction of sp³-hybridized carbons (Fsp3) is 0.471. The number of nitrogens with zero attached hydrogens (tertiary/aromatic N) is 1. The Morgan fingerprint density at radius 3 is 2.75 bits per heavy atom. The largest absolute Gasteiger partial charge is 0.492 e. The van der Waals surface area contributed by atoms with Crippen LogP contribution in [0, 0.1) is 0 Å². The number of hydrogen-bond donors (Lipinski definition) is 0. The number of allylic oxidation sites excluding steroid dienone is 2. The van der Waals surface area contributed by atoms with Crippen molar-refractivity contribution >= 4 is 39.9 Å². The summed E-state index contributed by atoms with van der Waals surface area (Å²) < 4.78 is 13.0. The normalized spacial score (nSPS) is 16.3. The van der Waals surface area contributed by atoms with E-state index >= 15 is 0 Å². The molecule has 0 unspecified atom stereocenters. The second-order valence-corrected chi connectivity index (χ2v) is 7.27. The Morgan fingerprint density at radius 2 is 2.08 bits per heavy atom. The molecule has 1 aliphatic heterocycles. The van der Waals surface area contributed by atoms with E-state index in [-0.39, 0.29) is 17.3 Å². The zero-order valence-corrected chi connectivity index (χ0v) is 15.6. The second kappa shape index (κ2) is 6.72. The highest BCUT2D eigenvalue weighted by Crippen LogP contribution is 2.38. The Morgan fingerprint density at radius 1 is 1.33 bits per heavy atom. The molecule has 0 fully saturated rings. The van der Waals surface area contributed by atoms with Crippen molar-refractivity contribution in [3.8, 4) is 0 Å². The third kappa shape index (κ3) is 2.59. The lowest BCUT2D eigenvalue weighted by Crippen LogP contribution is -2.24. The molecule has 0 atom stereocenters. The van der Waals surface area contributed by atoms with Gasteiger partial charge in [0.15, 0.2) is 5.76 Å². The number of hydrogen-bond acceptors (Lipinski definition) is 6. The Bertz CT molecular complexity index is 776. The summed E-state index contributed by atoms with van der Waals surface area (Å²) >= 11 is 6.56. The quantitative estimate of drug-likeness (QED) is 0.763. The molecule has 5 nitrogen and oxygen atoms in total. The van der Waals surface area contributed by atoms with E-state index in [4.69, 9.17) is 21.7 Å². The zero-order valence-electron chi connectivity index (χ0n) is 13.9. The highest BCUT2D eigenvalue weighted by Gasteiger charge is 2.39. The lowest BCUT2D eigenvalue weighted by atomic mass is 9.91. The number of thioether (sulfide) groups is 1.